The zero-order valence-corrected chi connectivity index (χ0v) is 20.0. The summed E-state index contributed by atoms with van der Waals surface area (Å²) >= 11 is 0. The molecule has 0 atom stereocenters. The van der Waals surface area contributed by atoms with E-state index in [0.717, 1.165) is 51.7 Å². The summed E-state index contributed by atoms with van der Waals surface area (Å²) in [4.78, 5) is 12.4. The fourth-order valence-corrected chi connectivity index (χ4v) is 3.33. The molecular weight excluding hydrogens is 398 g/mol. The SMILES string of the molecule is CC/C=C\C/C=C\C/C=C\CCCCCCCC(=O)[N+](CC)(CC)CC.[Br-]. The van der Waals surface area contributed by atoms with E-state index in [-0.39, 0.29) is 17.0 Å². The highest BCUT2D eigenvalue weighted by Gasteiger charge is 2.29. The monoisotopic (exact) mass is 441 g/mol. The molecule has 0 bridgehead atoms. The number of quaternary nitrogens is 1. The van der Waals surface area contributed by atoms with Crippen LogP contribution in [-0.4, -0.2) is 30.0 Å². The summed E-state index contributed by atoms with van der Waals surface area (Å²) in [5.74, 6) is 0.443. The van der Waals surface area contributed by atoms with E-state index in [1.165, 1.54) is 32.1 Å². The van der Waals surface area contributed by atoms with Crippen LogP contribution in [0.4, 0.5) is 0 Å². The first kappa shape index (κ1) is 28.5. The maximum absolute atomic E-state index is 12.4. The van der Waals surface area contributed by atoms with Crippen molar-refractivity contribution in [2.45, 2.75) is 91.9 Å². The molecule has 0 N–H and O–H groups in total. The molecule has 158 valence electrons. The van der Waals surface area contributed by atoms with E-state index in [2.05, 4.69) is 64.2 Å². The predicted molar refractivity (Wildman–Crippen MR) is 116 cm³/mol. The minimum absolute atomic E-state index is 0. The van der Waals surface area contributed by atoms with E-state index in [9.17, 15) is 4.79 Å². The molecule has 0 fully saturated rings. The molecular formula is C24H44BrNO. The number of rotatable bonds is 16. The minimum atomic E-state index is 0. The van der Waals surface area contributed by atoms with E-state index in [1.807, 2.05) is 0 Å². The smallest absolute Gasteiger partial charge is 0.313 e. The summed E-state index contributed by atoms with van der Waals surface area (Å²) in [6, 6.07) is 0. The van der Waals surface area contributed by atoms with Gasteiger partial charge in [-0.2, -0.15) is 0 Å². The Morgan fingerprint density at radius 3 is 1.70 bits per heavy atom. The molecule has 0 saturated carbocycles. The Labute approximate surface area is 180 Å². The number of carbonyl (C=O) groups excluding carboxylic acids is 1. The van der Waals surface area contributed by atoms with Crippen LogP contribution in [0.5, 0.6) is 0 Å². The Kier molecular flexibility index (Phi) is 21.2. The van der Waals surface area contributed by atoms with Gasteiger partial charge in [0, 0.05) is 0 Å². The van der Waals surface area contributed by atoms with Crippen molar-refractivity contribution in [2.24, 2.45) is 0 Å². The molecule has 0 aliphatic heterocycles. The number of allylic oxidation sites excluding steroid dienone is 6. The molecule has 2 nitrogen and oxygen atoms in total. The van der Waals surface area contributed by atoms with Gasteiger partial charge in [0.15, 0.2) is 0 Å². The second-order valence-electron chi connectivity index (χ2n) is 7.09. The highest BCUT2D eigenvalue weighted by atomic mass is 79.9. The Balaban J connectivity index is 0. The van der Waals surface area contributed by atoms with Crippen molar-refractivity contribution in [2.75, 3.05) is 19.6 Å². The molecule has 0 heterocycles. The van der Waals surface area contributed by atoms with Gasteiger partial charge in [-0.15, -0.1) is 0 Å². The molecule has 0 aromatic carbocycles. The number of amides is 1. The van der Waals surface area contributed by atoms with Crippen molar-refractivity contribution >= 4 is 5.91 Å². The zero-order chi connectivity index (χ0) is 19.5. The van der Waals surface area contributed by atoms with Gasteiger partial charge in [0.2, 0.25) is 0 Å². The molecule has 27 heavy (non-hydrogen) atoms. The molecule has 0 aliphatic carbocycles. The van der Waals surface area contributed by atoms with E-state index in [4.69, 9.17) is 0 Å². The van der Waals surface area contributed by atoms with Crippen LogP contribution < -0.4 is 17.0 Å². The second kappa shape index (κ2) is 20.1. The van der Waals surface area contributed by atoms with Crippen molar-refractivity contribution in [3.63, 3.8) is 0 Å². The number of unbranched alkanes of at least 4 members (excludes halogenated alkanes) is 5. The Bertz CT molecular complexity index is 414. The fourth-order valence-electron chi connectivity index (χ4n) is 3.33. The van der Waals surface area contributed by atoms with E-state index in [1.54, 1.807) is 0 Å². The van der Waals surface area contributed by atoms with Gasteiger partial charge < -0.3 is 17.0 Å². The van der Waals surface area contributed by atoms with Crippen molar-refractivity contribution in [3.8, 4) is 0 Å². The molecule has 0 aromatic rings. The first-order valence-corrected chi connectivity index (χ1v) is 11.0. The van der Waals surface area contributed by atoms with Crippen molar-refractivity contribution < 1.29 is 26.3 Å². The summed E-state index contributed by atoms with van der Waals surface area (Å²) < 4.78 is 0.661. The standard InChI is InChI=1S/C24H44NO.BrH/c1-5-9-10-11-12-13-14-15-16-17-18-19-20-21-22-23-24(26)25(6-2,7-3)8-4;/h9-10,12-13,15-16H,5-8,11,14,17-23H2,1-4H3;1H/q+1;/p-1/b10-9-,13-12-,16-15-;. The lowest BCUT2D eigenvalue weighted by atomic mass is 10.1. The molecule has 0 unspecified atom stereocenters. The molecule has 0 radical (unpaired) electrons. The lowest BCUT2D eigenvalue weighted by Crippen LogP contribution is -3.00. The topological polar surface area (TPSA) is 17.1 Å². The Morgan fingerprint density at radius 1 is 0.667 bits per heavy atom. The third-order valence-corrected chi connectivity index (χ3v) is 5.39. The van der Waals surface area contributed by atoms with Gasteiger partial charge in [0.05, 0.1) is 26.1 Å². The van der Waals surface area contributed by atoms with Crippen molar-refractivity contribution in [3.05, 3.63) is 36.5 Å². The quantitative estimate of drug-likeness (QED) is 0.201. The van der Waals surface area contributed by atoms with Gasteiger partial charge in [-0.3, -0.25) is 4.48 Å². The fraction of sp³-hybridized carbons (Fsp3) is 0.708. The molecule has 3 heteroatoms. The lowest BCUT2D eigenvalue weighted by Gasteiger charge is -2.32. The van der Waals surface area contributed by atoms with Crippen LogP contribution in [0.15, 0.2) is 36.5 Å². The first-order valence-electron chi connectivity index (χ1n) is 11.0. The van der Waals surface area contributed by atoms with Crippen LogP contribution in [0.2, 0.25) is 0 Å². The Morgan fingerprint density at radius 2 is 1.15 bits per heavy atom. The molecule has 0 aliphatic rings. The molecule has 0 aromatic heterocycles. The normalized spacial score (nSPS) is 12.3. The van der Waals surface area contributed by atoms with Crippen LogP contribution in [-0.2, 0) is 4.79 Å². The predicted octanol–water partition coefficient (Wildman–Crippen LogP) is 3.98. The number of hydrogen-bond donors (Lipinski definition) is 0. The maximum atomic E-state index is 12.4. The van der Waals surface area contributed by atoms with E-state index in [0.29, 0.717) is 10.4 Å². The molecule has 0 rings (SSSR count). The van der Waals surface area contributed by atoms with Gasteiger partial charge in [-0.25, -0.2) is 4.79 Å². The number of nitrogens with zero attached hydrogens (tertiary/aromatic N) is 1. The summed E-state index contributed by atoms with van der Waals surface area (Å²) in [7, 11) is 0. The first-order chi connectivity index (χ1) is 12.7. The van der Waals surface area contributed by atoms with Crippen LogP contribution in [0, 0.1) is 0 Å². The molecule has 1 amide bonds. The van der Waals surface area contributed by atoms with Crippen molar-refractivity contribution in [1.82, 2.24) is 0 Å². The molecule has 0 spiro atoms. The van der Waals surface area contributed by atoms with Crippen LogP contribution in [0.25, 0.3) is 0 Å². The minimum Gasteiger partial charge on any atom is -1.00 e. The van der Waals surface area contributed by atoms with Crippen molar-refractivity contribution in [1.29, 1.82) is 0 Å². The van der Waals surface area contributed by atoms with Gasteiger partial charge in [-0.05, 0) is 59.3 Å². The highest BCUT2D eigenvalue weighted by molar-refractivity contribution is 5.68. The lowest BCUT2D eigenvalue weighted by molar-refractivity contribution is -0.849. The largest absolute Gasteiger partial charge is 1.00 e. The summed E-state index contributed by atoms with van der Waals surface area (Å²) in [5.41, 5.74) is 0. The highest BCUT2D eigenvalue weighted by Crippen LogP contribution is 2.14. The zero-order valence-electron chi connectivity index (χ0n) is 18.4. The average molecular weight is 443 g/mol. The second-order valence-corrected chi connectivity index (χ2v) is 7.09. The van der Waals surface area contributed by atoms with E-state index >= 15 is 0 Å². The third-order valence-electron chi connectivity index (χ3n) is 5.39. The van der Waals surface area contributed by atoms with Gasteiger partial charge in [0.25, 0.3) is 0 Å². The van der Waals surface area contributed by atoms with Crippen LogP contribution in [0.1, 0.15) is 91.9 Å². The summed E-state index contributed by atoms with van der Waals surface area (Å²) in [6.07, 6.45) is 24.7. The van der Waals surface area contributed by atoms with Crippen LogP contribution in [0.3, 0.4) is 0 Å². The summed E-state index contributed by atoms with van der Waals surface area (Å²) in [6.45, 7) is 11.4. The Hall–Kier alpha value is -0.670. The molecule has 0 saturated heterocycles. The van der Waals surface area contributed by atoms with E-state index < -0.39 is 0 Å². The van der Waals surface area contributed by atoms with Crippen LogP contribution >= 0.6 is 0 Å². The number of hydrogen-bond acceptors (Lipinski definition) is 1. The van der Waals surface area contributed by atoms with Gasteiger partial charge in [-0.1, -0.05) is 62.6 Å². The third kappa shape index (κ3) is 14.0. The van der Waals surface area contributed by atoms with Gasteiger partial charge >= 0.3 is 5.91 Å². The maximum Gasteiger partial charge on any atom is 0.313 e. The average Bonchev–Trinajstić information content (AvgIpc) is 2.66. The van der Waals surface area contributed by atoms with Gasteiger partial charge in [0.1, 0.15) is 0 Å². The summed E-state index contributed by atoms with van der Waals surface area (Å²) in [5, 5.41) is 0. The number of halogens is 1. The number of carbonyl (C=O) groups is 1.